The highest BCUT2D eigenvalue weighted by molar-refractivity contribution is 5.25. The Bertz CT molecular complexity index is 648. The van der Waals surface area contributed by atoms with Gasteiger partial charge >= 0.3 is 6.18 Å². The molecule has 0 amide bonds. The molecular weight excluding hydrogens is 381 g/mol. The van der Waals surface area contributed by atoms with E-state index < -0.39 is 12.3 Å². The number of halogens is 3. The van der Waals surface area contributed by atoms with E-state index in [9.17, 15) is 23.4 Å². The summed E-state index contributed by atoms with van der Waals surface area (Å²) in [5.74, 6) is 1.78. The van der Waals surface area contributed by atoms with Crippen molar-refractivity contribution in [1.82, 2.24) is 0 Å². The Morgan fingerprint density at radius 2 is 1.90 bits per heavy atom. The van der Waals surface area contributed by atoms with Crippen LogP contribution in [0, 0.1) is 28.6 Å². The summed E-state index contributed by atoms with van der Waals surface area (Å²) >= 11 is 0. The van der Waals surface area contributed by atoms with Gasteiger partial charge in [0.05, 0.1) is 12.2 Å². The second-order valence-corrected chi connectivity index (χ2v) is 10.5. The highest BCUT2D eigenvalue weighted by atomic mass is 19.4. The largest absolute Gasteiger partial charge is 0.414 e. The summed E-state index contributed by atoms with van der Waals surface area (Å²) in [5, 5.41) is 19.3. The maximum atomic E-state index is 12.5. The molecule has 0 saturated heterocycles. The molecule has 0 aromatic carbocycles. The van der Waals surface area contributed by atoms with Crippen molar-refractivity contribution in [1.29, 1.82) is 0 Å². The Labute approximate surface area is 171 Å². The summed E-state index contributed by atoms with van der Waals surface area (Å²) in [7, 11) is 0. The van der Waals surface area contributed by atoms with Gasteiger partial charge in [-0.25, -0.2) is 0 Å². The fraction of sp³-hybridized carbons (Fsp3) is 0.913. The number of fused-ring (bicyclic) bond motifs is 5. The van der Waals surface area contributed by atoms with Gasteiger partial charge in [-0.1, -0.05) is 25.5 Å². The maximum absolute atomic E-state index is 12.5. The molecule has 3 nitrogen and oxygen atoms in total. The zero-order chi connectivity index (χ0) is 21.0. The minimum Gasteiger partial charge on any atom is -0.393 e. The first-order chi connectivity index (χ1) is 13.6. The van der Waals surface area contributed by atoms with Gasteiger partial charge < -0.3 is 14.9 Å². The van der Waals surface area contributed by atoms with E-state index in [-0.39, 0.29) is 36.1 Å². The van der Waals surface area contributed by atoms with Crippen LogP contribution in [0.5, 0.6) is 0 Å². The van der Waals surface area contributed by atoms with Crippen LogP contribution in [0.15, 0.2) is 11.6 Å². The first kappa shape index (κ1) is 21.6. The SMILES string of the molecule is CC12CCC(O)CC1=CCC1C2CCC2(C)C(OCCC(O)C(F)(F)F)CCC12. The quantitative estimate of drug-likeness (QED) is 0.634. The van der Waals surface area contributed by atoms with Crippen molar-refractivity contribution < 1.29 is 28.1 Å². The van der Waals surface area contributed by atoms with Gasteiger partial charge in [0.2, 0.25) is 0 Å². The predicted octanol–water partition coefficient (Wildman–Crippen LogP) is 5.01. The van der Waals surface area contributed by atoms with Gasteiger partial charge in [0.15, 0.2) is 6.10 Å². The van der Waals surface area contributed by atoms with Crippen molar-refractivity contribution >= 4 is 0 Å². The third-order valence-corrected chi connectivity index (χ3v) is 9.08. The number of aliphatic hydroxyl groups excluding tert-OH is 2. The Morgan fingerprint density at radius 3 is 2.62 bits per heavy atom. The lowest BCUT2D eigenvalue weighted by atomic mass is 9.48. The lowest BCUT2D eigenvalue weighted by molar-refractivity contribution is -0.210. The van der Waals surface area contributed by atoms with Gasteiger partial charge in [0.25, 0.3) is 0 Å². The molecule has 8 atom stereocenters. The zero-order valence-electron chi connectivity index (χ0n) is 17.5. The molecule has 0 bridgehead atoms. The lowest BCUT2D eigenvalue weighted by Crippen LogP contribution is -2.51. The average Bonchev–Trinajstić information content (AvgIpc) is 2.98. The van der Waals surface area contributed by atoms with Crippen molar-refractivity contribution in [3.63, 3.8) is 0 Å². The molecule has 2 N–H and O–H groups in total. The summed E-state index contributed by atoms with van der Waals surface area (Å²) in [4.78, 5) is 0. The molecule has 0 aliphatic heterocycles. The Balaban J connectivity index is 1.43. The molecule has 4 aliphatic rings. The molecule has 0 aromatic rings. The monoisotopic (exact) mass is 416 g/mol. The first-order valence-electron chi connectivity index (χ1n) is 11.3. The number of allylic oxidation sites excluding steroid dienone is 1. The molecule has 3 fully saturated rings. The number of alkyl halides is 3. The summed E-state index contributed by atoms with van der Waals surface area (Å²) < 4.78 is 43.6. The fourth-order valence-electron chi connectivity index (χ4n) is 7.35. The van der Waals surface area contributed by atoms with Crippen LogP contribution < -0.4 is 0 Å². The van der Waals surface area contributed by atoms with Crippen LogP contribution in [0.3, 0.4) is 0 Å². The molecule has 0 spiro atoms. The minimum atomic E-state index is -4.57. The van der Waals surface area contributed by atoms with E-state index in [1.54, 1.807) is 0 Å². The molecule has 0 radical (unpaired) electrons. The van der Waals surface area contributed by atoms with Crippen LogP contribution in [-0.4, -0.2) is 41.3 Å². The molecule has 3 saturated carbocycles. The van der Waals surface area contributed by atoms with E-state index in [1.165, 1.54) is 5.57 Å². The number of aliphatic hydroxyl groups is 2. The fourth-order valence-corrected chi connectivity index (χ4v) is 7.35. The number of hydrogen-bond acceptors (Lipinski definition) is 3. The average molecular weight is 417 g/mol. The third kappa shape index (κ3) is 3.67. The van der Waals surface area contributed by atoms with Crippen molar-refractivity contribution in [2.75, 3.05) is 6.61 Å². The second kappa shape index (κ2) is 7.52. The van der Waals surface area contributed by atoms with Crippen LogP contribution in [0.2, 0.25) is 0 Å². The summed E-state index contributed by atoms with van der Waals surface area (Å²) in [6.07, 6.45) is 2.89. The molecule has 4 aliphatic carbocycles. The van der Waals surface area contributed by atoms with E-state index >= 15 is 0 Å². The highest BCUT2D eigenvalue weighted by Gasteiger charge is 2.59. The van der Waals surface area contributed by atoms with Crippen LogP contribution in [0.4, 0.5) is 13.2 Å². The summed E-state index contributed by atoms with van der Waals surface area (Å²) in [5.41, 5.74) is 1.66. The lowest BCUT2D eigenvalue weighted by Gasteiger charge is -2.57. The number of ether oxygens (including phenoxy) is 1. The van der Waals surface area contributed by atoms with E-state index in [0.717, 1.165) is 51.4 Å². The minimum absolute atomic E-state index is 0.0137. The van der Waals surface area contributed by atoms with Gasteiger partial charge in [0, 0.05) is 13.0 Å². The molecule has 0 heterocycles. The molecule has 0 aromatic heterocycles. The zero-order valence-corrected chi connectivity index (χ0v) is 17.5. The van der Waals surface area contributed by atoms with Gasteiger partial charge in [-0.2, -0.15) is 13.2 Å². The summed E-state index contributed by atoms with van der Waals surface area (Å²) in [6, 6.07) is 0. The molecule has 6 heteroatoms. The van der Waals surface area contributed by atoms with Gasteiger partial charge in [-0.15, -0.1) is 0 Å². The first-order valence-corrected chi connectivity index (χ1v) is 11.3. The van der Waals surface area contributed by atoms with Crippen LogP contribution in [0.1, 0.15) is 71.6 Å². The topological polar surface area (TPSA) is 49.7 Å². The summed E-state index contributed by atoms with van der Waals surface area (Å²) in [6.45, 7) is 4.63. The van der Waals surface area contributed by atoms with Gasteiger partial charge in [0.1, 0.15) is 0 Å². The molecule has 8 unspecified atom stereocenters. The maximum Gasteiger partial charge on any atom is 0.414 e. The second-order valence-electron chi connectivity index (χ2n) is 10.5. The van der Waals surface area contributed by atoms with Crippen LogP contribution in [-0.2, 0) is 4.74 Å². The number of hydrogen-bond donors (Lipinski definition) is 2. The van der Waals surface area contributed by atoms with E-state index in [0.29, 0.717) is 17.8 Å². The highest BCUT2D eigenvalue weighted by Crippen LogP contribution is 2.65. The molecule has 29 heavy (non-hydrogen) atoms. The Hall–Kier alpha value is -0.590. The smallest absolute Gasteiger partial charge is 0.393 e. The van der Waals surface area contributed by atoms with Gasteiger partial charge in [-0.05, 0) is 80.0 Å². The van der Waals surface area contributed by atoms with E-state index in [2.05, 4.69) is 19.9 Å². The van der Waals surface area contributed by atoms with E-state index in [4.69, 9.17) is 4.74 Å². The van der Waals surface area contributed by atoms with Crippen molar-refractivity contribution in [2.45, 2.75) is 96.1 Å². The van der Waals surface area contributed by atoms with Crippen LogP contribution >= 0.6 is 0 Å². The van der Waals surface area contributed by atoms with Crippen molar-refractivity contribution in [3.8, 4) is 0 Å². The molecule has 166 valence electrons. The van der Waals surface area contributed by atoms with Crippen molar-refractivity contribution in [2.24, 2.45) is 28.6 Å². The Morgan fingerprint density at radius 1 is 1.14 bits per heavy atom. The van der Waals surface area contributed by atoms with Gasteiger partial charge in [-0.3, -0.25) is 0 Å². The standard InChI is InChI=1S/C23H35F3O3/c1-21-10-7-15(27)13-14(21)3-4-16-17-5-6-20(22(17,2)11-8-18(16)21)29-12-9-19(28)23(24,25)26/h3,15-20,27-28H,4-13H2,1-2H3. The molecule has 4 rings (SSSR count). The Kier molecular flexibility index (Phi) is 5.61. The molecular formula is C23H35F3O3. The predicted molar refractivity (Wildman–Crippen MR) is 104 cm³/mol. The van der Waals surface area contributed by atoms with E-state index in [1.807, 2.05) is 0 Å². The normalized spacial score (nSPS) is 45.8. The third-order valence-electron chi connectivity index (χ3n) is 9.08. The number of rotatable bonds is 4. The van der Waals surface area contributed by atoms with Crippen molar-refractivity contribution in [3.05, 3.63) is 11.6 Å². The van der Waals surface area contributed by atoms with Crippen LogP contribution in [0.25, 0.3) is 0 Å².